The second-order valence-electron chi connectivity index (χ2n) is 4.46. The summed E-state index contributed by atoms with van der Waals surface area (Å²) in [4.78, 5) is 11.8. The molecular weight excluding hydrogens is 216 g/mol. The van der Waals surface area contributed by atoms with Crippen molar-refractivity contribution in [2.24, 2.45) is 11.7 Å². The lowest BCUT2D eigenvalue weighted by Crippen LogP contribution is -2.39. The molecule has 0 saturated heterocycles. The fraction of sp³-hybridized carbons (Fsp3) is 0.462. The van der Waals surface area contributed by atoms with Crippen LogP contribution in [0.25, 0.3) is 0 Å². The molecule has 0 aliphatic heterocycles. The zero-order valence-corrected chi connectivity index (χ0v) is 10.8. The summed E-state index contributed by atoms with van der Waals surface area (Å²) in [5, 5.41) is 2.78. The third kappa shape index (κ3) is 3.46. The Morgan fingerprint density at radius 1 is 1.41 bits per heavy atom. The first-order valence-corrected chi connectivity index (χ1v) is 5.66. The molecule has 0 aliphatic rings. The van der Waals surface area contributed by atoms with Crippen molar-refractivity contribution >= 4 is 11.6 Å². The van der Waals surface area contributed by atoms with Gasteiger partial charge in [0.15, 0.2) is 0 Å². The van der Waals surface area contributed by atoms with Crippen LogP contribution in [0.4, 0.5) is 5.69 Å². The van der Waals surface area contributed by atoms with Crippen molar-refractivity contribution in [2.45, 2.75) is 26.8 Å². The van der Waals surface area contributed by atoms with E-state index in [2.05, 4.69) is 5.32 Å². The number of ether oxygens (including phenoxy) is 1. The average molecular weight is 236 g/mol. The summed E-state index contributed by atoms with van der Waals surface area (Å²) in [5.74, 6) is 0.558. The highest BCUT2D eigenvalue weighted by molar-refractivity contribution is 5.96. The molecule has 0 aliphatic carbocycles. The van der Waals surface area contributed by atoms with E-state index in [1.54, 1.807) is 7.11 Å². The second-order valence-corrected chi connectivity index (χ2v) is 4.46. The van der Waals surface area contributed by atoms with Crippen molar-refractivity contribution in [3.63, 3.8) is 0 Å². The molecule has 1 amide bonds. The first-order valence-electron chi connectivity index (χ1n) is 5.66. The molecule has 0 spiro atoms. The Bertz CT molecular complexity index is 402. The van der Waals surface area contributed by atoms with Gasteiger partial charge in [-0.15, -0.1) is 0 Å². The molecule has 0 bridgehead atoms. The largest absolute Gasteiger partial charge is 0.495 e. The van der Waals surface area contributed by atoms with Crippen LogP contribution in [0.2, 0.25) is 0 Å². The van der Waals surface area contributed by atoms with Crippen molar-refractivity contribution in [1.29, 1.82) is 0 Å². The van der Waals surface area contributed by atoms with E-state index in [1.165, 1.54) is 0 Å². The number of nitrogens with two attached hydrogens (primary N) is 1. The van der Waals surface area contributed by atoms with Gasteiger partial charge in [-0.2, -0.15) is 0 Å². The number of anilines is 1. The molecule has 1 rings (SSSR count). The fourth-order valence-electron chi connectivity index (χ4n) is 1.42. The van der Waals surface area contributed by atoms with Gasteiger partial charge < -0.3 is 15.8 Å². The minimum absolute atomic E-state index is 0.103. The maximum Gasteiger partial charge on any atom is 0.241 e. The van der Waals surface area contributed by atoms with Crippen LogP contribution in [-0.2, 0) is 4.79 Å². The Morgan fingerprint density at radius 2 is 2.06 bits per heavy atom. The molecular formula is C13H20N2O2. The predicted octanol–water partition coefficient (Wildman–Crippen LogP) is 1.93. The Balaban J connectivity index is 2.84. The third-order valence-corrected chi connectivity index (χ3v) is 2.64. The molecule has 3 N–H and O–H groups in total. The van der Waals surface area contributed by atoms with Gasteiger partial charge in [-0.25, -0.2) is 0 Å². The van der Waals surface area contributed by atoms with E-state index < -0.39 is 6.04 Å². The number of nitrogens with one attached hydrogen (secondary N) is 1. The molecule has 0 fully saturated rings. The normalized spacial score (nSPS) is 12.4. The zero-order valence-electron chi connectivity index (χ0n) is 10.8. The van der Waals surface area contributed by atoms with Crippen LogP contribution in [0.1, 0.15) is 19.4 Å². The number of rotatable bonds is 4. The van der Waals surface area contributed by atoms with E-state index in [1.807, 2.05) is 39.0 Å². The summed E-state index contributed by atoms with van der Waals surface area (Å²) in [6.07, 6.45) is 0. The van der Waals surface area contributed by atoms with Crippen LogP contribution in [0, 0.1) is 12.8 Å². The monoisotopic (exact) mass is 236 g/mol. The fourth-order valence-corrected chi connectivity index (χ4v) is 1.42. The number of hydrogen-bond donors (Lipinski definition) is 2. The van der Waals surface area contributed by atoms with Gasteiger partial charge in [0.05, 0.1) is 18.8 Å². The predicted molar refractivity (Wildman–Crippen MR) is 69.2 cm³/mol. The highest BCUT2D eigenvalue weighted by Crippen LogP contribution is 2.25. The Labute approximate surface area is 102 Å². The number of methoxy groups -OCH3 is 1. The average Bonchev–Trinajstić information content (AvgIpc) is 2.30. The standard InChI is InChI=1S/C13H20N2O2/c1-8(2)12(14)13(16)15-10-6-5-9(3)7-11(10)17-4/h5-8,12H,14H2,1-4H3,(H,15,16)/t12-/m0/s1. The molecule has 0 radical (unpaired) electrons. The van der Waals surface area contributed by atoms with Gasteiger partial charge in [0, 0.05) is 0 Å². The maximum absolute atomic E-state index is 11.8. The molecule has 4 heteroatoms. The van der Waals surface area contributed by atoms with Crippen LogP contribution in [0.3, 0.4) is 0 Å². The summed E-state index contributed by atoms with van der Waals surface area (Å²) in [6, 6.07) is 5.09. The molecule has 0 aromatic heterocycles. The highest BCUT2D eigenvalue weighted by Gasteiger charge is 2.18. The molecule has 1 aromatic rings. The summed E-state index contributed by atoms with van der Waals surface area (Å²) >= 11 is 0. The summed E-state index contributed by atoms with van der Waals surface area (Å²) < 4.78 is 5.21. The molecule has 1 atom stereocenters. The first kappa shape index (κ1) is 13.5. The summed E-state index contributed by atoms with van der Waals surface area (Å²) in [5.41, 5.74) is 7.51. The van der Waals surface area contributed by atoms with E-state index in [0.29, 0.717) is 11.4 Å². The number of carbonyl (C=O) groups excluding carboxylic acids is 1. The maximum atomic E-state index is 11.8. The topological polar surface area (TPSA) is 64.3 Å². The summed E-state index contributed by atoms with van der Waals surface area (Å²) in [6.45, 7) is 5.79. The van der Waals surface area contributed by atoms with Crippen LogP contribution in [0.15, 0.2) is 18.2 Å². The summed E-state index contributed by atoms with van der Waals surface area (Å²) in [7, 11) is 1.58. The van der Waals surface area contributed by atoms with Crippen molar-refractivity contribution < 1.29 is 9.53 Å². The Kier molecular flexibility index (Phi) is 4.52. The minimum Gasteiger partial charge on any atom is -0.495 e. The lowest BCUT2D eigenvalue weighted by Gasteiger charge is -2.17. The third-order valence-electron chi connectivity index (χ3n) is 2.64. The lowest BCUT2D eigenvalue weighted by molar-refractivity contribution is -0.118. The number of amides is 1. The molecule has 4 nitrogen and oxygen atoms in total. The van der Waals surface area contributed by atoms with Gasteiger partial charge in [-0.1, -0.05) is 19.9 Å². The van der Waals surface area contributed by atoms with Gasteiger partial charge in [-0.05, 0) is 30.5 Å². The molecule has 0 heterocycles. The van der Waals surface area contributed by atoms with Gasteiger partial charge in [0.25, 0.3) is 0 Å². The number of aryl methyl sites for hydroxylation is 1. The second kappa shape index (κ2) is 5.68. The quantitative estimate of drug-likeness (QED) is 0.839. The van der Waals surface area contributed by atoms with Gasteiger partial charge in [0.2, 0.25) is 5.91 Å². The molecule has 1 aromatic carbocycles. The van der Waals surface area contributed by atoms with Crippen LogP contribution in [-0.4, -0.2) is 19.1 Å². The van der Waals surface area contributed by atoms with Crippen LogP contribution in [0.5, 0.6) is 5.75 Å². The SMILES string of the molecule is COc1cc(C)ccc1NC(=O)[C@@H](N)C(C)C. The molecule has 0 saturated carbocycles. The Hall–Kier alpha value is -1.55. The first-order chi connectivity index (χ1) is 7.95. The van der Waals surface area contributed by atoms with E-state index in [9.17, 15) is 4.79 Å². The van der Waals surface area contributed by atoms with Gasteiger partial charge >= 0.3 is 0 Å². The van der Waals surface area contributed by atoms with Crippen molar-refractivity contribution in [2.75, 3.05) is 12.4 Å². The molecule has 17 heavy (non-hydrogen) atoms. The Morgan fingerprint density at radius 3 is 2.59 bits per heavy atom. The lowest BCUT2D eigenvalue weighted by atomic mass is 10.0. The van der Waals surface area contributed by atoms with E-state index in [0.717, 1.165) is 5.56 Å². The number of carbonyl (C=O) groups is 1. The highest BCUT2D eigenvalue weighted by atomic mass is 16.5. The van der Waals surface area contributed by atoms with Gasteiger partial charge in [-0.3, -0.25) is 4.79 Å². The van der Waals surface area contributed by atoms with E-state index in [-0.39, 0.29) is 11.8 Å². The van der Waals surface area contributed by atoms with Crippen molar-refractivity contribution in [3.05, 3.63) is 23.8 Å². The number of hydrogen-bond acceptors (Lipinski definition) is 3. The van der Waals surface area contributed by atoms with Crippen LogP contribution >= 0.6 is 0 Å². The molecule has 94 valence electrons. The van der Waals surface area contributed by atoms with Crippen molar-refractivity contribution in [1.82, 2.24) is 0 Å². The molecule has 0 unspecified atom stereocenters. The minimum atomic E-state index is -0.513. The van der Waals surface area contributed by atoms with Crippen LogP contribution < -0.4 is 15.8 Å². The van der Waals surface area contributed by atoms with Gasteiger partial charge in [0.1, 0.15) is 5.75 Å². The van der Waals surface area contributed by atoms with Crippen molar-refractivity contribution in [3.8, 4) is 5.75 Å². The van der Waals surface area contributed by atoms with E-state index >= 15 is 0 Å². The smallest absolute Gasteiger partial charge is 0.241 e. The zero-order chi connectivity index (χ0) is 13.0. The van der Waals surface area contributed by atoms with E-state index in [4.69, 9.17) is 10.5 Å². The number of benzene rings is 1.